The fourth-order valence-electron chi connectivity index (χ4n) is 4.28. The fraction of sp³-hybridized carbons (Fsp3) is 0.259. The molecule has 10 nitrogen and oxygen atoms in total. The monoisotopic (exact) mass is 571 g/mol. The van der Waals surface area contributed by atoms with Gasteiger partial charge in [-0.3, -0.25) is 14.4 Å². The number of rotatable bonds is 10. The molecule has 3 aromatic rings. The Kier molecular flexibility index (Phi) is 6.95. The molecule has 1 heterocycles. The number of ether oxygens (including phenoxy) is 1. The standard InChI is InChI=1S/C27H25NO9S2/c1-17-13-19(15-20(14-17)37-39(33,34)25-10-6-5-9-24(25)38(2,31)32)35-16-23(18-11-12-18)36-28-26(29)21-7-3-4-8-22(21)27(28)30/h3-10,13-15,18,23H,11-12,16H2,1-2H3. The molecule has 12 heteroatoms. The van der Waals surface area contributed by atoms with Gasteiger partial charge in [-0.05, 0) is 67.6 Å². The zero-order valence-electron chi connectivity index (χ0n) is 21.1. The number of nitrogens with zero attached hydrogens (tertiary/aromatic N) is 1. The van der Waals surface area contributed by atoms with Crippen LogP contribution in [0.1, 0.15) is 39.1 Å². The van der Waals surface area contributed by atoms with Crippen LogP contribution in [-0.2, 0) is 24.8 Å². The average Bonchev–Trinajstić information content (AvgIpc) is 3.69. The summed E-state index contributed by atoms with van der Waals surface area (Å²) in [5.74, 6) is -0.785. The van der Waals surface area contributed by atoms with Gasteiger partial charge in [-0.1, -0.05) is 24.3 Å². The van der Waals surface area contributed by atoms with Gasteiger partial charge in [-0.2, -0.15) is 8.42 Å². The molecule has 1 fully saturated rings. The van der Waals surface area contributed by atoms with Gasteiger partial charge in [-0.25, -0.2) is 8.42 Å². The van der Waals surface area contributed by atoms with Crippen LogP contribution < -0.4 is 8.92 Å². The van der Waals surface area contributed by atoms with Crippen LogP contribution in [0, 0.1) is 12.8 Å². The highest BCUT2D eigenvalue weighted by molar-refractivity contribution is 7.92. The van der Waals surface area contributed by atoms with Crippen molar-refractivity contribution >= 4 is 31.8 Å². The number of benzene rings is 3. The second kappa shape index (κ2) is 10.1. The predicted octanol–water partition coefficient (Wildman–Crippen LogP) is 3.55. The predicted molar refractivity (Wildman–Crippen MR) is 139 cm³/mol. The summed E-state index contributed by atoms with van der Waals surface area (Å²) in [6.45, 7) is 1.70. The first-order chi connectivity index (χ1) is 18.4. The number of hydroxylamine groups is 2. The van der Waals surface area contributed by atoms with Crippen molar-refractivity contribution in [1.29, 1.82) is 0 Å². The number of carbonyl (C=O) groups is 2. The third-order valence-corrected chi connectivity index (χ3v) is 8.90. The molecule has 0 spiro atoms. The number of hydrogen-bond acceptors (Lipinski definition) is 9. The summed E-state index contributed by atoms with van der Waals surface area (Å²) >= 11 is 0. The first-order valence-corrected chi connectivity index (χ1v) is 15.4. The lowest BCUT2D eigenvalue weighted by Crippen LogP contribution is -2.38. The highest BCUT2D eigenvalue weighted by Gasteiger charge is 2.42. The molecule has 5 rings (SSSR count). The van der Waals surface area contributed by atoms with Gasteiger partial charge in [0.25, 0.3) is 11.8 Å². The van der Waals surface area contributed by atoms with Gasteiger partial charge in [-0.15, -0.1) is 5.06 Å². The first kappa shape index (κ1) is 26.9. The zero-order chi connectivity index (χ0) is 27.9. The number of carbonyl (C=O) groups excluding carboxylic acids is 2. The highest BCUT2D eigenvalue weighted by Crippen LogP contribution is 2.37. The van der Waals surface area contributed by atoms with Gasteiger partial charge in [0, 0.05) is 12.3 Å². The van der Waals surface area contributed by atoms with Gasteiger partial charge in [0.15, 0.2) is 9.84 Å². The Labute approximate surface area is 226 Å². The molecule has 2 amide bonds. The van der Waals surface area contributed by atoms with Gasteiger partial charge in [0.05, 0.1) is 16.0 Å². The summed E-state index contributed by atoms with van der Waals surface area (Å²) in [5.41, 5.74) is 1.17. The lowest BCUT2D eigenvalue weighted by Gasteiger charge is -2.22. The highest BCUT2D eigenvalue weighted by atomic mass is 32.2. The number of imide groups is 1. The van der Waals surface area contributed by atoms with Crippen LogP contribution in [0.2, 0.25) is 0 Å². The molecule has 1 aliphatic carbocycles. The summed E-state index contributed by atoms with van der Waals surface area (Å²) in [4.78, 5) is 30.4. The topological polar surface area (TPSA) is 133 Å². The van der Waals surface area contributed by atoms with Gasteiger partial charge >= 0.3 is 10.1 Å². The van der Waals surface area contributed by atoms with E-state index in [2.05, 4.69) is 0 Å². The molecule has 0 N–H and O–H groups in total. The number of hydrogen-bond donors (Lipinski definition) is 0. The third kappa shape index (κ3) is 5.68. The van der Waals surface area contributed by atoms with E-state index < -0.39 is 42.8 Å². The summed E-state index contributed by atoms with van der Waals surface area (Å²) in [5, 5.41) is 0.771. The van der Waals surface area contributed by atoms with E-state index in [1.54, 1.807) is 37.3 Å². The van der Waals surface area contributed by atoms with Crippen molar-refractivity contribution in [3.8, 4) is 11.5 Å². The lowest BCUT2D eigenvalue weighted by molar-refractivity contribution is -0.148. The Hall–Kier alpha value is -3.74. The largest absolute Gasteiger partial charge is 0.491 e. The Balaban J connectivity index is 1.32. The summed E-state index contributed by atoms with van der Waals surface area (Å²) in [6.07, 6.45) is 2.01. The summed E-state index contributed by atoms with van der Waals surface area (Å²) in [7, 11) is -8.32. The van der Waals surface area contributed by atoms with Crippen molar-refractivity contribution in [1.82, 2.24) is 5.06 Å². The minimum atomic E-state index is -4.49. The molecule has 39 heavy (non-hydrogen) atoms. The van der Waals surface area contributed by atoms with Crippen molar-refractivity contribution in [2.75, 3.05) is 12.9 Å². The first-order valence-electron chi connectivity index (χ1n) is 12.1. The van der Waals surface area contributed by atoms with Crippen molar-refractivity contribution in [2.24, 2.45) is 5.92 Å². The van der Waals surface area contributed by atoms with E-state index in [0.29, 0.717) is 5.56 Å². The number of fused-ring (bicyclic) bond motifs is 1. The van der Waals surface area contributed by atoms with E-state index in [0.717, 1.165) is 30.2 Å². The molecule has 0 aromatic heterocycles. The Morgan fingerprint density at radius 1 is 0.846 bits per heavy atom. The van der Waals surface area contributed by atoms with Crippen LogP contribution in [0.25, 0.3) is 0 Å². The number of amides is 2. The van der Waals surface area contributed by atoms with Crippen LogP contribution in [0.15, 0.2) is 76.5 Å². The van der Waals surface area contributed by atoms with E-state index >= 15 is 0 Å². The minimum Gasteiger partial charge on any atom is -0.491 e. The lowest BCUT2D eigenvalue weighted by atomic mass is 10.1. The maximum absolute atomic E-state index is 13.0. The molecule has 2 aliphatic rings. The van der Waals surface area contributed by atoms with Crippen molar-refractivity contribution < 1.29 is 40.2 Å². The van der Waals surface area contributed by atoms with Gasteiger partial charge in [0.1, 0.15) is 29.1 Å². The molecule has 0 bridgehead atoms. The van der Waals surface area contributed by atoms with Crippen molar-refractivity contribution in [3.05, 3.63) is 83.4 Å². The number of aryl methyl sites for hydroxylation is 1. The molecule has 1 aliphatic heterocycles. The minimum absolute atomic E-state index is 0.00930. The molecule has 3 aromatic carbocycles. The number of sulfone groups is 1. The maximum Gasteiger partial charge on any atom is 0.340 e. The molecule has 1 unspecified atom stereocenters. The van der Waals surface area contributed by atoms with Gasteiger partial charge < -0.3 is 8.92 Å². The zero-order valence-corrected chi connectivity index (χ0v) is 22.7. The molecule has 0 saturated heterocycles. The molecule has 1 saturated carbocycles. The third-order valence-electron chi connectivity index (χ3n) is 6.31. The molecular weight excluding hydrogens is 546 g/mol. The summed E-state index contributed by atoms with van der Waals surface area (Å²) < 4.78 is 61.4. The summed E-state index contributed by atoms with van der Waals surface area (Å²) in [6, 6.07) is 16.2. The Morgan fingerprint density at radius 3 is 2.00 bits per heavy atom. The van der Waals surface area contributed by atoms with Crippen LogP contribution >= 0.6 is 0 Å². The van der Waals surface area contributed by atoms with Crippen LogP contribution in [0.4, 0.5) is 0 Å². The fourth-order valence-corrected chi connectivity index (χ4v) is 6.80. The maximum atomic E-state index is 13.0. The molecular formula is C27H25NO9S2. The molecule has 0 radical (unpaired) electrons. The van der Waals surface area contributed by atoms with E-state index in [9.17, 15) is 26.4 Å². The smallest absolute Gasteiger partial charge is 0.340 e. The van der Waals surface area contributed by atoms with Crippen molar-refractivity contribution in [3.63, 3.8) is 0 Å². The van der Waals surface area contributed by atoms with Gasteiger partial charge in [0.2, 0.25) is 0 Å². The quantitative estimate of drug-likeness (QED) is 0.265. The second-order valence-corrected chi connectivity index (χ2v) is 13.0. The Bertz CT molecular complexity index is 1640. The van der Waals surface area contributed by atoms with Crippen molar-refractivity contribution in [2.45, 2.75) is 35.7 Å². The average molecular weight is 572 g/mol. The molecule has 1 atom stereocenters. The van der Waals surface area contributed by atoms with Crippen LogP contribution in [0.5, 0.6) is 11.5 Å². The normalized spacial score (nSPS) is 16.2. The van der Waals surface area contributed by atoms with E-state index in [1.807, 2.05) is 0 Å². The van der Waals surface area contributed by atoms with E-state index in [1.165, 1.54) is 30.3 Å². The van der Waals surface area contributed by atoms with E-state index in [-0.39, 0.29) is 40.0 Å². The van der Waals surface area contributed by atoms with Crippen LogP contribution in [-0.4, -0.2) is 52.7 Å². The second-order valence-electron chi connectivity index (χ2n) is 9.48. The van der Waals surface area contributed by atoms with E-state index in [4.69, 9.17) is 13.8 Å². The SMILES string of the molecule is Cc1cc(OCC(ON2C(=O)c3ccccc3C2=O)C2CC2)cc(OS(=O)(=O)c2ccccc2S(C)(=O)=O)c1. The molecule has 204 valence electrons. The Morgan fingerprint density at radius 2 is 1.41 bits per heavy atom. The van der Waals surface area contributed by atoms with Crippen LogP contribution in [0.3, 0.4) is 0 Å².